The molecule has 0 N–H and O–H groups in total. The van der Waals surface area contributed by atoms with Crippen molar-refractivity contribution in [3.63, 3.8) is 0 Å². The highest BCUT2D eigenvalue weighted by Gasteiger charge is 2.41. The van der Waals surface area contributed by atoms with E-state index < -0.39 is 15.0 Å². The van der Waals surface area contributed by atoms with Crippen LogP contribution in [0.25, 0.3) is 5.57 Å². The van der Waals surface area contributed by atoms with Gasteiger partial charge in [-0.3, -0.25) is 14.9 Å². The maximum Gasteiger partial charge on any atom is 0.241 e. The minimum Gasteiger partial charge on any atom is -0.290 e. The maximum absolute atomic E-state index is 12.7. The highest BCUT2D eigenvalue weighted by atomic mass is 35.5. The van der Waals surface area contributed by atoms with Crippen LogP contribution in [0, 0.1) is 24.0 Å². The van der Waals surface area contributed by atoms with E-state index in [1.54, 1.807) is 48.5 Å². The van der Waals surface area contributed by atoms with Crippen LogP contribution >= 0.6 is 23.2 Å². The largest absolute Gasteiger partial charge is 0.290 e. The smallest absolute Gasteiger partial charge is 0.241 e. The molecule has 0 saturated heterocycles. The lowest BCUT2D eigenvalue weighted by atomic mass is 9.96. The van der Waals surface area contributed by atoms with Gasteiger partial charge in [0.15, 0.2) is 0 Å². The Bertz CT molecular complexity index is 794. The van der Waals surface area contributed by atoms with Crippen LogP contribution in [0.4, 0.5) is 0 Å². The molecule has 0 aliphatic rings. The van der Waals surface area contributed by atoms with Crippen LogP contribution < -0.4 is 0 Å². The molecule has 4 nitrogen and oxygen atoms in total. The van der Waals surface area contributed by atoms with Gasteiger partial charge in [0.2, 0.25) is 16.3 Å². The number of nitro groups is 1. The SMILES string of the molecule is Cc1ccc(C(=O)C(Cl)(Cl)C(=C[N+](=O)[O-])c2ccc(C)cc2)cc1. The van der Waals surface area contributed by atoms with Crippen LogP contribution in [-0.2, 0) is 0 Å². The number of hydrogen-bond donors (Lipinski definition) is 0. The number of carbonyl (C=O) groups excluding carboxylic acids is 1. The summed E-state index contributed by atoms with van der Waals surface area (Å²) in [6.45, 7) is 3.76. The van der Waals surface area contributed by atoms with Crippen LogP contribution in [0.2, 0.25) is 0 Å². The van der Waals surface area contributed by atoms with E-state index in [0.29, 0.717) is 11.8 Å². The molecule has 0 saturated carbocycles. The summed E-state index contributed by atoms with van der Waals surface area (Å²) < 4.78 is -2.07. The highest BCUT2D eigenvalue weighted by molar-refractivity contribution is 6.65. The number of carbonyl (C=O) groups is 1. The fraction of sp³-hybridized carbons (Fsp3) is 0.167. The van der Waals surface area contributed by atoms with Crippen molar-refractivity contribution in [3.05, 3.63) is 87.1 Å². The molecule has 0 radical (unpaired) electrons. The molecule has 0 spiro atoms. The topological polar surface area (TPSA) is 60.2 Å². The first-order chi connectivity index (χ1) is 11.2. The molecule has 0 heterocycles. The van der Waals surface area contributed by atoms with E-state index in [9.17, 15) is 14.9 Å². The Balaban J connectivity index is 2.51. The molecule has 2 aromatic carbocycles. The Morgan fingerprint density at radius 3 is 1.79 bits per heavy atom. The predicted octanol–water partition coefficient (Wildman–Crippen LogP) is 4.98. The van der Waals surface area contributed by atoms with Gasteiger partial charge in [-0.15, -0.1) is 0 Å². The molecular formula is C18H15Cl2NO3. The zero-order valence-electron chi connectivity index (χ0n) is 13.1. The van der Waals surface area contributed by atoms with Gasteiger partial charge in [-0.1, -0.05) is 82.9 Å². The molecule has 0 aromatic heterocycles. The van der Waals surface area contributed by atoms with Gasteiger partial charge >= 0.3 is 0 Å². The first kappa shape index (κ1) is 18.2. The number of ketones is 1. The fourth-order valence-electron chi connectivity index (χ4n) is 2.18. The Morgan fingerprint density at radius 2 is 1.38 bits per heavy atom. The second kappa shape index (κ2) is 7.16. The average Bonchev–Trinajstić information content (AvgIpc) is 2.53. The molecule has 0 atom stereocenters. The number of halogens is 2. The van der Waals surface area contributed by atoms with Crippen molar-refractivity contribution in [2.75, 3.05) is 0 Å². The number of nitrogens with zero attached hydrogens (tertiary/aromatic N) is 1. The quantitative estimate of drug-likeness (QED) is 0.325. The number of alkyl halides is 2. The van der Waals surface area contributed by atoms with Crippen molar-refractivity contribution in [3.8, 4) is 0 Å². The monoisotopic (exact) mass is 363 g/mol. The lowest BCUT2D eigenvalue weighted by Gasteiger charge is -2.20. The summed E-state index contributed by atoms with van der Waals surface area (Å²) in [4.78, 5) is 23.0. The lowest BCUT2D eigenvalue weighted by molar-refractivity contribution is -0.401. The zero-order chi connectivity index (χ0) is 17.9. The second-order valence-electron chi connectivity index (χ2n) is 5.46. The van der Waals surface area contributed by atoms with Gasteiger partial charge in [0.05, 0.1) is 10.5 Å². The molecule has 0 amide bonds. The van der Waals surface area contributed by atoms with E-state index in [1.807, 2.05) is 13.8 Å². The zero-order valence-corrected chi connectivity index (χ0v) is 14.6. The molecule has 2 rings (SSSR count). The third kappa shape index (κ3) is 4.02. The first-order valence-electron chi connectivity index (χ1n) is 7.14. The van der Waals surface area contributed by atoms with Crippen LogP contribution in [-0.4, -0.2) is 15.0 Å². The molecule has 124 valence electrons. The molecule has 0 aliphatic heterocycles. The normalized spacial score (nSPS) is 12.1. The van der Waals surface area contributed by atoms with Crippen molar-refractivity contribution >= 4 is 34.6 Å². The third-order valence-corrected chi connectivity index (χ3v) is 4.28. The van der Waals surface area contributed by atoms with Gasteiger partial charge < -0.3 is 0 Å². The van der Waals surface area contributed by atoms with Crippen molar-refractivity contribution in [1.82, 2.24) is 0 Å². The van der Waals surface area contributed by atoms with Gasteiger partial charge in [0.25, 0.3) is 0 Å². The van der Waals surface area contributed by atoms with Gasteiger partial charge in [-0.05, 0) is 19.4 Å². The van der Waals surface area contributed by atoms with Gasteiger partial charge in [-0.25, -0.2) is 0 Å². The van der Waals surface area contributed by atoms with E-state index in [4.69, 9.17) is 23.2 Å². The van der Waals surface area contributed by atoms with Crippen LogP contribution in [0.5, 0.6) is 0 Å². The Morgan fingerprint density at radius 1 is 0.958 bits per heavy atom. The summed E-state index contributed by atoms with van der Waals surface area (Å²) in [6.07, 6.45) is 0.677. The lowest BCUT2D eigenvalue weighted by Crippen LogP contribution is -2.28. The van der Waals surface area contributed by atoms with Gasteiger partial charge in [0, 0.05) is 5.56 Å². The van der Waals surface area contributed by atoms with E-state index in [1.165, 1.54) is 0 Å². The fourth-order valence-corrected chi connectivity index (χ4v) is 2.72. The summed E-state index contributed by atoms with van der Waals surface area (Å²) in [6, 6.07) is 13.5. The summed E-state index contributed by atoms with van der Waals surface area (Å²) in [5.74, 6) is -0.612. The Labute approximate surface area is 149 Å². The average molecular weight is 364 g/mol. The number of rotatable bonds is 5. The molecule has 0 aliphatic carbocycles. The minimum absolute atomic E-state index is 0.0681. The number of allylic oxidation sites excluding steroid dienone is 1. The summed E-state index contributed by atoms with van der Waals surface area (Å²) in [7, 11) is 0. The van der Waals surface area contributed by atoms with E-state index >= 15 is 0 Å². The van der Waals surface area contributed by atoms with Crippen molar-refractivity contribution in [2.45, 2.75) is 18.2 Å². The summed E-state index contributed by atoms with van der Waals surface area (Å²) in [5, 5.41) is 11.0. The number of hydrogen-bond acceptors (Lipinski definition) is 3. The van der Waals surface area contributed by atoms with Crippen molar-refractivity contribution < 1.29 is 9.72 Å². The Kier molecular flexibility index (Phi) is 5.42. The second-order valence-corrected chi connectivity index (χ2v) is 6.79. The van der Waals surface area contributed by atoms with Crippen molar-refractivity contribution in [2.24, 2.45) is 0 Å². The van der Waals surface area contributed by atoms with Gasteiger partial charge in [-0.2, -0.15) is 0 Å². The number of aryl methyl sites for hydroxylation is 2. The number of Topliss-reactive ketones (excluding diaryl/α,β-unsaturated/α-hetero) is 1. The molecule has 24 heavy (non-hydrogen) atoms. The minimum atomic E-state index is -2.07. The molecule has 0 bridgehead atoms. The molecule has 2 aromatic rings. The molecular weight excluding hydrogens is 349 g/mol. The summed E-state index contributed by atoms with van der Waals surface area (Å²) in [5.41, 5.74) is 2.58. The van der Waals surface area contributed by atoms with E-state index in [2.05, 4.69) is 0 Å². The third-order valence-electron chi connectivity index (χ3n) is 3.53. The highest BCUT2D eigenvalue weighted by Crippen LogP contribution is 2.40. The summed E-state index contributed by atoms with van der Waals surface area (Å²) >= 11 is 12.6. The molecule has 0 fully saturated rings. The van der Waals surface area contributed by atoms with Crippen LogP contribution in [0.15, 0.2) is 54.7 Å². The maximum atomic E-state index is 12.7. The first-order valence-corrected chi connectivity index (χ1v) is 7.89. The van der Waals surface area contributed by atoms with E-state index in [0.717, 1.165) is 11.1 Å². The van der Waals surface area contributed by atoms with Crippen LogP contribution in [0.1, 0.15) is 27.0 Å². The Hall–Kier alpha value is -2.17. The standard InChI is InChI=1S/C18H15Cl2NO3/c1-12-3-7-14(8-4-12)16(11-21(23)24)18(19,20)17(22)15-9-5-13(2)6-10-15/h3-11H,1-2H3. The molecule has 0 unspecified atom stereocenters. The number of benzene rings is 2. The predicted molar refractivity (Wildman–Crippen MR) is 96.1 cm³/mol. The van der Waals surface area contributed by atoms with Crippen LogP contribution in [0.3, 0.4) is 0 Å². The van der Waals surface area contributed by atoms with E-state index in [-0.39, 0.29) is 11.1 Å². The van der Waals surface area contributed by atoms with Crippen molar-refractivity contribution in [1.29, 1.82) is 0 Å². The molecule has 6 heteroatoms. The van der Waals surface area contributed by atoms with Gasteiger partial charge in [0.1, 0.15) is 0 Å².